The van der Waals surface area contributed by atoms with E-state index in [1.807, 2.05) is 0 Å². The molecule has 0 radical (unpaired) electrons. The lowest BCUT2D eigenvalue weighted by atomic mass is 9.35. The van der Waals surface area contributed by atoms with Crippen LogP contribution < -0.4 is 26.3 Å². The highest BCUT2D eigenvalue weighted by Crippen LogP contribution is 2.40. The fraction of sp³-hybridized carbons (Fsp3) is 0.0645. The number of hydrogen-bond donors (Lipinski definition) is 1. The highest BCUT2D eigenvalue weighted by atomic mass is 16.3. The largest absolute Gasteiger partial charge is 0.453 e. The van der Waals surface area contributed by atoms with Gasteiger partial charge in [0.05, 0.1) is 11.3 Å². The molecule has 4 heteroatoms. The quantitative estimate of drug-likeness (QED) is 0.298. The van der Waals surface area contributed by atoms with E-state index in [2.05, 4.69) is 127 Å². The van der Waals surface area contributed by atoms with Gasteiger partial charge < -0.3 is 9.73 Å². The second kappa shape index (κ2) is 7.61. The molecule has 0 aliphatic carbocycles. The fourth-order valence-electron chi connectivity index (χ4n) is 5.66. The van der Waals surface area contributed by atoms with Crippen molar-refractivity contribution in [1.29, 1.82) is 0 Å². The van der Waals surface area contributed by atoms with Gasteiger partial charge in [-0.1, -0.05) is 78.3 Å². The molecule has 0 fully saturated rings. The third kappa shape index (κ3) is 2.96. The first-order valence-electron chi connectivity index (χ1n) is 12.1. The number of para-hydroxylation sites is 1. The van der Waals surface area contributed by atoms with Crippen molar-refractivity contribution >= 4 is 56.4 Å². The van der Waals surface area contributed by atoms with E-state index in [1.165, 1.54) is 22.0 Å². The topological polar surface area (TPSA) is 29.1 Å². The molecule has 3 nitrogen and oxygen atoms in total. The molecule has 166 valence electrons. The van der Waals surface area contributed by atoms with Crippen LogP contribution in [0, 0.1) is 6.92 Å². The SMILES string of the molecule is Cc1ccc2c(oc3c4c(ccc32)B(c2ccccc2)c2ccccc2N4)c1-c1cccc[n+]1C. The molecule has 7 rings (SSSR count). The van der Waals surface area contributed by atoms with Crippen LogP contribution in [0.5, 0.6) is 0 Å². The van der Waals surface area contributed by atoms with Gasteiger partial charge in [-0.3, -0.25) is 0 Å². The first kappa shape index (κ1) is 20.1. The first-order valence-corrected chi connectivity index (χ1v) is 12.1. The number of hydrogen-bond acceptors (Lipinski definition) is 2. The van der Waals surface area contributed by atoms with Crippen LogP contribution in [0.3, 0.4) is 0 Å². The molecule has 3 heterocycles. The molecule has 6 aromatic rings. The highest BCUT2D eigenvalue weighted by molar-refractivity contribution is 6.98. The molecule has 0 bridgehead atoms. The Morgan fingerprint density at radius 2 is 1.46 bits per heavy atom. The van der Waals surface area contributed by atoms with Crippen LogP contribution >= 0.6 is 0 Å². The third-order valence-corrected chi connectivity index (χ3v) is 7.34. The van der Waals surface area contributed by atoms with E-state index in [4.69, 9.17) is 4.42 Å². The summed E-state index contributed by atoms with van der Waals surface area (Å²) in [4.78, 5) is 0. The van der Waals surface area contributed by atoms with Crippen LogP contribution in [0.4, 0.5) is 11.4 Å². The van der Waals surface area contributed by atoms with Gasteiger partial charge in [0.2, 0.25) is 12.4 Å². The molecular weight excluding hydrogens is 427 g/mol. The summed E-state index contributed by atoms with van der Waals surface area (Å²) in [5.74, 6) is 0. The van der Waals surface area contributed by atoms with E-state index in [1.54, 1.807) is 0 Å². The van der Waals surface area contributed by atoms with Crippen LogP contribution in [0.25, 0.3) is 33.2 Å². The molecule has 1 aliphatic heterocycles. The van der Waals surface area contributed by atoms with Gasteiger partial charge in [-0.15, -0.1) is 0 Å². The van der Waals surface area contributed by atoms with Crippen molar-refractivity contribution in [2.24, 2.45) is 7.05 Å². The maximum Gasteiger partial charge on any atom is 0.246 e. The van der Waals surface area contributed by atoms with Crippen LogP contribution in [-0.2, 0) is 7.05 Å². The maximum absolute atomic E-state index is 6.80. The van der Waals surface area contributed by atoms with E-state index in [0.717, 1.165) is 44.6 Å². The molecule has 1 aliphatic rings. The molecule has 4 aromatic carbocycles. The van der Waals surface area contributed by atoms with Crippen LogP contribution in [0.1, 0.15) is 5.56 Å². The predicted octanol–water partition coefficient (Wildman–Crippen LogP) is 4.96. The van der Waals surface area contributed by atoms with Crippen molar-refractivity contribution in [3.63, 3.8) is 0 Å². The molecule has 0 saturated heterocycles. The molecule has 35 heavy (non-hydrogen) atoms. The number of aromatic nitrogens is 1. The zero-order valence-corrected chi connectivity index (χ0v) is 19.7. The monoisotopic (exact) mass is 451 g/mol. The summed E-state index contributed by atoms with van der Waals surface area (Å²) in [6, 6.07) is 34.6. The fourth-order valence-corrected chi connectivity index (χ4v) is 5.66. The summed E-state index contributed by atoms with van der Waals surface area (Å²) in [7, 11) is 2.08. The number of aryl methyl sites for hydroxylation is 2. The number of fused-ring (bicyclic) bond motifs is 6. The zero-order chi connectivity index (χ0) is 23.5. The number of furan rings is 1. The summed E-state index contributed by atoms with van der Waals surface area (Å²) >= 11 is 0. The van der Waals surface area contributed by atoms with E-state index in [-0.39, 0.29) is 6.71 Å². The number of nitrogens with zero attached hydrogens (tertiary/aromatic N) is 1. The van der Waals surface area contributed by atoms with Crippen molar-refractivity contribution < 1.29 is 8.98 Å². The standard InChI is InChI=1S/C31H24BN2O/c1-20-15-16-22-23-17-18-25-29(31(23)35-30(22)28(20)27-14-8-9-19-34(27)2)33-26-13-7-6-12-24(26)32(25)21-10-4-3-5-11-21/h3-19,33H,1-2H3/q+1. The van der Waals surface area contributed by atoms with Gasteiger partial charge in [-0.2, -0.15) is 0 Å². The summed E-state index contributed by atoms with van der Waals surface area (Å²) in [6.45, 7) is 2.30. The molecular formula is C31H24BN2O+. The second-order valence-electron chi connectivity index (χ2n) is 9.40. The highest BCUT2D eigenvalue weighted by Gasteiger charge is 2.33. The van der Waals surface area contributed by atoms with Crippen LogP contribution in [0.2, 0.25) is 0 Å². The van der Waals surface area contributed by atoms with Gasteiger partial charge >= 0.3 is 0 Å². The van der Waals surface area contributed by atoms with Gasteiger partial charge in [-0.05, 0) is 35.5 Å². The normalized spacial score (nSPS) is 12.5. The maximum atomic E-state index is 6.80. The van der Waals surface area contributed by atoms with Crippen molar-refractivity contribution in [2.45, 2.75) is 6.92 Å². The molecule has 1 N–H and O–H groups in total. The Labute approximate surface area is 204 Å². The minimum absolute atomic E-state index is 0.148. The smallest absolute Gasteiger partial charge is 0.246 e. The Kier molecular flexibility index (Phi) is 4.37. The summed E-state index contributed by atoms with van der Waals surface area (Å²) in [5, 5.41) is 6.01. The molecule has 2 aromatic heterocycles. The lowest BCUT2D eigenvalue weighted by Gasteiger charge is -2.27. The summed E-state index contributed by atoms with van der Waals surface area (Å²) in [5.41, 5.74) is 11.3. The van der Waals surface area contributed by atoms with Crippen molar-refractivity contribution in [3.8, 4) is 11.3 Å². The second-order valence-corrected chi connectivity index (χ2v) is 9.40. The minimum atomic E-state index is 0.148. The number of pyridine rings is 1. The number of nitrogens with one attached hydrogen (secondary N) is 1. The third-order valence-electron chi connectivity index (χ3n) is 7.34. The van der Waals surface area contributed by atoms with Crippen molar-refractivity contribution in [3.05, 3.63) is 109 Å². The van der Waals surface area contributed by atoms with Gasteiger partial charge in [-0.25, -0.2) is 4.57 Å². The Morgan fingerprint density at radius 1 is 0.714 bits per heavy atom. The number of anilines is 2. The average molecular weight is 451 g/mol. The zero-order valence-electron chi connectivity index (χ0n) is 19.7. The lowest BCUT2D eigenvalue weighted by molar-refractivity contribution is -0.660. The molecule has 0 saturated carbocycles. The molecule has 0 atom stereocenters. The molecule has 0 spiro atoms. The number of rotatable bonds is 2. The van der Waals surface area contributed by atoms with Crippen molar-refractivity contribution in [2.75, 3.05) is 5.32 Å². The Hall–Kier alpha value is -4.31. The summed E-state index contributed by atoms with van der Waals surface area (Å²) in [6.07, 6.45) is 2.08. The van der Waals surface area contributed by atoms with Crippen LogP contribution in [0.15, 0.2) is 108 Å². The van der Waals surface area contributed by atoms with Gasteiger partial charge in [0.15, 0.2) is 11.8 Å². The molecule has 0 amide bonds. The Morgan fingerprint density at radius 3 is 2.31 bits per heavy atom. The first-order chi connectivity index (χ1) is 17.2. The van der Waals surface area contributed by atoms with Gasteiger partial charge in [0.1, 0.15) is 12.6 Å². The van der Waals surface area contributed by atoms with E-state index in [0.29, 0.717) is 0 Å². The Balaban J connectivity index is 1.54. The predicted molar refractivity (Wildman–Crippen MR) is 146 cm³/mol. The number of benzene rings is 4. The van der Waals surface area contributed by atoms with E-state index >= 15 is 0 Å². The van der Waals surface area contributed by atoms with Crippen molar-refractivity contribution in [1.82, 2.24) is 0 Å². The molecule has 0 unspecified atom stereocenters. The lowest BCUT2D eigenvalue weighted by Crippen LogP contribution is -2.55. The van der Waals surface area contributed by atoms with Gasteiger partial charge in [0, 0.05) is 28.6 Å². The average Bonchev–Trinajstić information content (AvgIpc) is 3.27. The van der Waals surface area contributed by atoms with E-state index in [9.17, 15) is 0 Å². The van der Waals surface area contributed by atoms with Crippen LogP contribution in [-0.4, -0.2) is 6.71 Å². The minimum Gasteiger partial charge on any atom is -0.453 e. The summed E-state index contributed by atoms with van der Waals surface area (Å²) < 4.78 is 8.95. The van der Waals surface area contributed by atoms with E-state index < -0.39 is 0 Å². The Bertz CT molecular complexity index is 1750. The van der Waals surface area contributed by atoms with Gasteiger partial charge in [0.25, 0.3) is 0 Å².